The van der Waals surface area contributed by atoms with Gasteiger partial charge in [0.2, 0.25) is 0 Å². The molecule has 2 aromatic heterocycles. The first-order valence-electron chi connectivity index (χ1n) is 12.4. The second-order valence-electron chi connectivity index (χ2n) is 9.53. The van der Waals surface area contributed by atoms with Gasteiger partial charge in [-0.05, 0) is 80.9 Å². The lowest BCUT2D eigenvalue weighted by atomic mass is 9.90. The van der Waals surface area contributed by atoms with Crippen LogP contribution >= 0.6 is 12.2 Å². The Morgan fingerprint density at radius 2 is 1.89 bits per heavy atom. The highest BCUT2D eigenvalue weighted by molar-refractivity contribution is 7.80. The standard InChI is InChI=1S/C28H32N4O2S/c1-18-16-23(19(2)31(18)22-13-9-10-20(17-22)27(33)34-3)26-25(24-14-7-8-15-29-24)30-28(35)32(26)21-11-5-4-6-12-21/h7-10,13-17,21,25-26H,4-6,11-12H2,1-3H3,(H,30,35). The van der Waals surface area contributed by atoms with E-state index in [0.29, 0.717) is 11.6 Å². The number of ether oxygens (including phenoxy) is 1. The number of thiocarbonyl (C=S) groups is 1. The van der Waals surface area contributed by atoms with E-state index in [0.717, 1.165) is 40.7 Å². The molecule has 7 heteroatoms. The molecule has 1 aromatic carbocycles. The zero-order chi connectivity index (χ0) is 24.5. The summed E-state index contributed by atoms with van der Waals surface area (Å²) in [7, 11) is 1.41. The second kappa shape index (κ2) is 9.82. The van der Waals surface area contributed by atoms with E-state index in [2.05, 4.69) is 40.8 Å². The first kappa shape index (κ1) is 23.5. The maximum absolute atomic E-state index is 12.2. The number of esters is 1. The number of methoxy groups -OCH3 is 1. The van der Waals surface area contributed by atoms with Crippen LogP contribution < -0.4 is 5.32 Å². The number of rotatable bonds is 5. The van der Waals surface area contributed by atoms with Gasteiger partial charge in [-0.25, -0.2) is 4.79 Å². The number of carbonyl (C=O) groups is 1. The van der Waals surface area contributed by atoms with E-state index >= 15 is 0 Å². The fourth-order valence-corrected chi connectivity index (χ4v) is 6.21. The van der Waals surface area contributed by atoms with Crippen molar-refractivity contribution in [3.8, 4) is 5.69 Å². The molecule has 2 aliphatic rings. The van der Waals surface area contributed by atoms with Gasteiger partial charge in [-0.1, -0.05) is 31.4 Å². The molecule has 6 nitrogen and oxygen atoms in total. The van der Waals surface area contributed by atoms with E-state index in [1.807, 2.05) is 36.5 Å². The zero-order valence-corrected chi connectivity index (χ0v) is 21.3. The zero-order valence-electron chi connectivity index (χ0n) is 20.5. The highest BCUT2D eigenvalue weighted by Gasteiger charge is 2.44. The van der Waals surface area contributed by atoms with Gasteiger partial charge < -0.3 is 19.5 Å². The van der Waals surface area contributed by atoms with Gasteiger partial charge in [0.15, 0.2) is 5.11 Å². The molecule has 1 saturated carbocycles. The van der Waals surface area contributed by atoms with Crippen molar-refractivity contribution in [2.75, 3.05) is 7.11 Å². The highest BCUT2D eigenvalue weighted by Crippen LogP contribution is 2.44. The van der Waals surface area contributed by atoms with Crippen LogP contribution in [-0.2, 0) is 4.74 Å². The summed E-state index contributed by atoms with van der Waals surface area (Å²) < 4.78 is 7.17. The van der Waals surface area contributed by atoms with E-state index in [9.17, 15) is 4.79 Å². The molecule has 182 valence electrons. The molecule has 0 bridgehead atoms. The summed E-state index contributed by atoms with van der Waals surface area (Å²) in [6.45, 7) is 4.27. The van der Waals surface area contributed by atoms with Gasteiger partial charge in [-0.2, -0.15) is 0 Å². The van der Waals surface area contributed by atoms with Crippen LogP contribution in [0.1, 0.15) is 77.2 Å². The average Bonchev–Trinajstić information content (AvgIpc) is 3.39. The summed E-state index contributed by atoms with van der Waals surface area (Å²) in [5, 5.41) is 4.43. The fourth-order valence-electron chi connectivity index (χ4n) is 5.82. The summed E-state index contributed by atoms with van der Waals surface area (Å²) in [6, 6.07) is 16.4. The molecule has 3 aromatic rings. The van der Waals surface area contributed by atoms with Gasteiger partial charge in [-0.3, -0.25) is 4.98 Å². The molecule has 5 rings (SSSR count). The van der Waals surface area contributed by atoms with Gasteiger partial charge >= 0.3 is 5.97 Å². The Balaban J connectivity index is 1.61. The van der Waals surface area contributed by atoms with Crippen molar-refractivity contribution in [2.24, 2.45) is 0 Å². The minimum absolute atomic E-state index is 0.0269. The Kier molecular flexibility index (Phi) is 6.60. The van der Waals surface area contributed by atoms with Crippen LogP contribution in [0.4, 0.5) is 0 Å². The maximum Gasteiger partial charge on any atom is 0.337 e. The summed E-state index contributed by atoms with van der Waals surface area (Å²) >= 11 is 5.94. The highest BCUT2D eigenvalue weighted by atomic mass is 32.1. The Bertz CT molecular complexity index is 1230. The Morgan fingerprint density at radius 3 is 2.60 bits per heavy atom. The van der Waals surface area contributed by atoms with Gasteiger partial charge in [0.1, 0.15) is 0 Å². The number of hydrogen-bond acceptors (Lipinski definition) is 4. The van der Waals surface area contributed by atoms with Crippen molar-refractivity contribution >= 4 is 23.3 Å². The van der Waals surface area contributed by atoms with Crippen LogP contribution in [-0.4, -0.2) is 38.7 Å². The maximum atomic E-state index is 12.2. The number of pyridine rings is 1. The van der Waals surface area contributed by atoms with Crippen molar-refractivity contribution in [2.45, 2.75) is 64.1 Å². The average molecular weight is 489 g/mol. The lowest BCUT2D eigenvalue weighted by molar-refractivity contribution is 0.0600. The molecule has 1 aliphatic heterocycles. The minimum atomic E-state index is -0.335. The normalized spacial score (nSPS) is 20.7. The third kappa shape index (κ3) is 4.33. The number of carbonyl (C=O) groups excluding carboxylic acids is 1. The molecule has 1 N–H and O–H groups in total. The van der Waals surface area contributed by atoms with Crippen LogP contribution in [0.5, 0.6) is 0 Å². The molecule has 35 heavy (non-hydrogen) atoms. The lowest BCUT2D eigenvalue weighted by Gasteiger charge is -2.37. The van der Waals surface area contributed by atoms with Crippen LogP contribution in [0.25, 0.3) is 5.69 Å². The first-order chi connectivity index (χ1) is 17.0. The summed E-state index contributed by atoms with van der Waals surface area (Å²) in [5.74, 6) is -0.335. The molecule has 0 amide bonds. The smallest absolute Gasteiger partial charge is 0.337 e. The molecule has 1 aliphatic carbocycles. The van der Waals surface area contributed by atoms with Gasteiger partial charge in [0.25, 0.3) is 0 Å². The number of benzene rings is 1. The van der Waals surface area contributed by atoms with E-state index in [1.54, 1.807) is 6.07 Å². The number of aromatic nitrogens is 2. The van der Waals surface area contributed by atoms with Gasteiger partial charge in [0.05, 0.1) is 30.5 Å². The number of aryl methyl sites for hydroxylation is 1. The fraction of sp³-hybridized carbons (Fsp3) is 0.393. The molecule has 0 radical (unpaired) electrons. The molecule has 2 fully saturated rings. The van der Waals surface area contributed by atoms with Crippen molar-refractivity contribution in [1.82, 2.24) is 19.8 Å². The van der Waals surface area contributed by atoms with Crippen molar-refractivity contribution in [3.63, 3.8) is 0 Å². The van der Waals surface area contributed by atoms with Crippen molar-refractivity contribution < 1.29 is 9.53 Å². The molecule has 0 spiro atoms. The van der Waals surface area contributed by atoms with E-state index in [-0.39, 0.29) is 18.1 Å². The predicted octanol–water partition coefficient (Wildman–Crippen LogP) is 5.58. The monoisotopic (exact) mass is 488 g/mol. The molecular formula is C28H32N4O2S. The Hall–Kier alpha value is -3.19. The molecule has 1 saturated heterocycles. The predicted molar refractivity (Wildman–Crippen MR) is 141 cm³/mol. The van der Waals surface area contributed by atoms with Gasteiger partial charge in [-0.15, -0.1) is 0 Å². The van der Waals surface area contributed by atoms with E-state index < -0.39 is 0 Å². The van der Waals surface area contributed by atoms with Crippen LogP contribution in [0.3, 0.4) is 0 Å². The van der Waals surface area contributed by atoms with Crippen LogP contribution in [0.2, 0.25) is 0 Å². The Labute approximate surface area is 212 Å². The summed E-state index contributed by atoms with van der Waals surface area (Å²) in [5.41, 5.74) is 5.97. The minimum Gasteiger partial charge on any atom is -0.465 e. The lowest BCUT2D eigenvalue weighted by Crippen LogP contribution is -2.40. The number of hydrogen-bond donors (Lipinski definition) is 1. The van der Waals surface area contributed by atoms with Crippen molar-refractivity contribution in [3.05, 3.63) is 82.9 Å². The summed E-state index contributed by atoms with van der Waals surface area (Å²) in [6.07, 6.45) is 7.94. The third-order valence-electron chi connectivity index (χ3n) is 7.42. The van der Waals surface area contributed by atoms with E-state index in [4.69, 9.17) is 21.9 Å². The third-order valence-corrected chi connectivity index (χ3v) is 7.75. The van der Waals surface area contributed by atoms with Crippen molar-refractivity contribution in [1.29, 1.82) is 0 Å². The first-order valence-corrected chi connectivity index (χ1v) is 12.8. The quantitative estimate of drug-likeness (QED) is 0.374. The number of nitrogens with zero attached hydrogens (tertiary/aromatic N) is 3. The van der Waals surface area contributed by atoms with Crippen LogP contribution in [0.15, 0.2) is 54.7 Å². The van der Waals surface area contributed by atoms with E-state index in [1.165, 1.54) is 31.9 Å². The van der Waals surface area contributed by atoms with Gasteiger partial charge in [0, 0.05) is 29.3 Å². The SMILES string of the molecule is COC(=O)c1cccc(-n2c(C)cc(C3C(c4ccccn4)NC(=S)N3C3CCCCC3)c2C)c1. The Morgan fingerprint density at radius 1 is 1.09 bits per heavy atom. The largest absolute Gasteiger partial charge is 0.465 e. The number of nitrogens with one attached hydrogen (secondary N) is 1. The molecule has 2 unspecified atom stereocenters. The second-order valence-corrected chi connectivity index (χ2v) is 9.92. The summed E-state index contributed by atoms with van der Waals surface area (Å²) in [4.78, 5) is 19.3. The molecule has 2 atom stereocenters. The van der Waals surface area contributed by atoms with Crippen LogP contribution in [0, 0.1) is 13.8 Å². The molecule has 3 heterocycles. The topological polar surface area (TPSA) is 59.4 Å². The molecular weight excluding hydrogens is 456 g/mol.